The molecule has 0 aliphatic carbocycles. The zero-order valence-corrected chi connectivity index (χ0v) is 15.0. The van der Waals surface area contributed by atoms with Crippen molar-refractivity contribution in [3.63, 3.8) is 0 Å². The second-order valence-electron chi connectivity index (χ2n) is 6.34. The van der Waals surface area contributed by atoms with Gasteiger partial charge in [0.05, 0.1) is 12.2 Å². The number of unbranched alkanes of at least 4 members (excludes halogenated alkanes) is 6. The van der Waals surface area contributed by atoms with Crippen LogP contribution >= 0.6 is 0 Å². The molecule has 0 aromatic carbocycles. The summed E-state index contributed by atoms with van der Waals surface area (Å²) in [5.74, 6) is -0.213. The molecular weight excluding hydrogens is 292 g/mol. The standard InChI is InChI=1S/C19H36O4/c1-3-4-13-18(21)14-11-9-7-5-6-8-10-12-15-19(22)23-16-17(2)20/h9,11,17-18,20-21H,3-8,10,12-16H2,1-2H3/b11-9-/t17?,18-/m1/s1. The number of aliphatic hydroxyl groups excluding tert-OH is 2. The topological polar surface area (TPSA) is 66.8 Å². The van der Waals surface area contributed by atoms with Crippen LogP contribution < -0.4 is 0 Å². The SMILES string of the molecule is CCCC[C@@H](O)C/C=C\CCCCCCCC(=O)OCC(C)O. The molecule has 0 saturated carbocycles. The van der Waals surface area contributed by atoms with E-state index in [9.17, 15) is 9.90 Å². The summed E-state index contributed by atoms with van der Waals surface area (Å²) in [6.07, 6.45) is 14.3. The minimum Gasteiger partial charge on any atom is -0.463 e. The van der Waals surface area contributed by atoms with Gasteiger partial charge in [0.2, 0.25) is 0 Å². The minimum absolute atomic E-state index is 0.0955. The molecule has 4 heteroatoms. The van der Waals surface area contributed by atoms with E-state index in [0.29, 0.717) is 6.42 Å². The molecule has 0 rings (SSSR count). The first-order chi connectivity index (χ1) is 11.1. The number of ether oxygens (including phenoxy) is 1. The molecule has 0 aliphatic rings. The third-order valence-electron chi connectivity index (χ3n) is 3.70. The third-order valence-corrected chi connectivity index (χ3v) is 3.70. The zero-order valence-electron chi connectivity index (χ0n) is 15.0. The fourth-order valence-electron chi connectivity index (χ4n) is 2.28. The van der Waals surface area contributed by atoms with E-state index in [-0.39, 0.29) is 18.7 Å². The molecule has 0 aliphatic heterocycles. The molecule has 4 nitrogen and oxygen atoms in total. The number of allylic oxidation sites excluding steroid dienone is 1. The van der Waals surface area contributed by atoms with Gasteiger partial charge in [-0.05, 0) is 39.0 Å². The second kappa shape index (κ2) is 16.0. The van der Waals surface area contributed by atoms with E-state index < -0.39 is 6.10 Å². The Balaban J connectivity index is 3.31. The highest BCUT2D eigenvalue weighted by molar-refractivity contribution is 5.69. The molecule has 0 spiro atoms. The highest BCUT2D eigenvalue weighted by Gasteiger charge is 2.04. The second-order valence-corrected chi connectivity index (χ2v) is 6.34. The summed E-state index contributed by atoms with van der Waals surface area (Å²) < 4.78 is 4.90. The highest BCUT2D eigenvalue weighted by Crippen LogP contribution is 2.09. The van der Waals surface area contributed by atoms with Crippen LogP contribution in [0.5, 0.6) is 0 Å². The molecule has 2 N–H and O–H groups in total. The van der Waals surface area contributed by atoms with Gasteiger partial charge in [-0.1, -0.05) is 51.2 Å². The number of carbonyl (C=O) groups excluding carboxylic acids is 1. The molecule has 0 saturated heterocycles. The summed E-state index contributed by atoms with van der Waals surface area (Å²) in [6, 6.07) is 0. The molecule has 0 aromatic heterocycles. The lowest BCUT2D eigenvalue weighted by molar-refractivity contribution is -0.146. The number of carbonyl (C=O) groups is 1. The van der Waals surface area contributed by atoms with Crippen molar-refractivity contribution in [2.75, 3.05) is 6.61 Å². The normalized spacial score (nSPS) is 14.1. The van der Waals surface area contributed by atoms with Crippen LogP contribution in [-0.2, 0) is 9.53 Å². The lowest BCUT2D eigenvalue weighted by Crippen LogP contribution is -2.14. The number of rotatable bonds is 15. The fraction of sp³-hybridized carbons (Fsp3) is 0.842. The van der Waals surface area contributed by atoms with Crippen LogP contribution in [-0.4, -0.2) is 35.0 Å². The Morgan fingerprint density at radius 3 is 2.43 bits per heavy atom. The zero-order chi connectivity index (χ0) is 17.3. The fourth-order valence-corrected chi connectivity index (χ4v) is 2.28. The quantitative estimate of drug-likeness (QED) is 0.269. The molecule has 1 unspecified atom stereocenters. The van der Waals surface area contributed by atoms with E-state index in [1.807, 2.05) is 0 Å². The first-order valence-corrected chi connectivity index (χ1v) is 9.23. The largest absolute Gasteiger partial charge is 0.463 e. The van der Waals surface area contributed by atoms with Gasteiger partial charge in [0.25, 0.3) is 0 Å². The Bertz CT molecular complexity index is 300. The summed E-state index contributed by atoms with van der Waals surface area (Å²) in [6.45, 7) is 3.84. The van der Waals surface area contributed by atoms with Crippen molar-refractivity contribution in [1.29, 1.82) is 0 Å². The summed E-state index contributed by atoms with van der Waals surface area (Å²) >= 11 is 0. The van der Waals surface area contributed by atoms with Crippen molar-refractivity contribution >= 4 is 5.97 Å². The van der Waals surface area contributed by atoms with E-state index in [1.54, 1.807) is 6.92 Å². The van der Waals surface area contributed by atoms with Gasteiger partial charge >= 0.3 is 5.97 Å². The van der Waals surface area contributed by atoms with Gasteiger partial charge < -0.3 is 14.9 Å². The predicted molar refractivity (Wildman–Crippen MR) is 94.2 cm³/mol. The average molecular weight is 328 g/mol. The number of hydrogen-bond donors (Lipinski definition) is 2. The van der Waals surface area contributed by atoms with Crippen LogP contribution in [0.1, 0.15) is 84.5 Å². The highest BCUT2D eigenvalue weighted by atomic mass is 16.5. The van der Waals surface area contributed by atoms with Gasteiger partial charge in [0.15, 0.2) is 0 Å². The molecule has 2 atom stereocenters. The van der Waals surface area contributed by atoms with Crippen LogP contribution in [0.3, 0.4) is 0 Å². The van der Waals surface area contributed by atoms with Gasteiger partial charge in [-0.25, -0.2) is 0 Å². The van der Waals surface area contributed by atoms with Crippen molar-refractivity contribution in [2.24, 2.45) is 0 Å². The van der Waals surface area contributed by atoms with Gasteiger partial charge in [-0.15, -0.1) is 0 Å². The molecule has 0 aromatic rings. The van der Waals surface area contributed by atoms with Crippen LogP contribution in [0.4, 0.5) is 0 Å². The molecular formula is C19H36O4. The molecule has 0 fully saturated rings. The summed E-state index contributed by atoms with van der Waals surface area (Å²) in [4.78, 5) is 11.3. The Hall–Kier alpha value is -0.870. The van der Waals surface area contributed by atoms with E-state index >= 15 is 0 Å². The number of hydrogen-bond acceptors (Lipinski definition) is 4. The molecule has 0 amide bonds. The molecule has 0 radical (unpaired) electrons. The maximum absolute atomic E-state index is 11.3. The van der Waals surface area contributed by atoms with E-state index in [0.717, 1.165) is 57.8 Å². The summed E-state index contributed by atoms with van der Waals surface area (Å²) in [5, 5.41) is 18.7. The first kappa shape index (κ1) is 22.1. The van der Waals surface area contributed by atoms with Crippen LogP contribution in [0, 0.1) is 0 Å². The Morgan fingerprint density at radius 2 is 1.74 bits per heavy atom. The lowest BCUT2D eigenvalue weighted by Gasteiger charge is -2.06. The Labute approximate surface area is 141 Å². The van der Waals surface area contributed by atoms with Gasteiger partial charge in [-0.3, -0.25) is 4.79 Å². The van der Waals surface area contributed by atoms with Crippen LogP contribution in [0.2, 0.25) is 0 Å². The Kier molecular flexibility index (Phi) is 15.4. The minimum atomic E-state index is -0.584. The Morgan fingerprint density at radius 1 is 1.04 bits per heavy atom. The summed E-state index contributed by atoms with van der Waals surface area (Å²) in [5.41, 5.74) is 0. The van der Waals surface area contributed by atoms with E-state index in [4.69, 9.17) is 9.84 Å². The monoisotopic (exact) mass is 328 g/mol. The van der Waals surface area contributed by atoms with Crippen molar-refractivity contribution < 1.29 is 19.7 Å². The van der Waals surface area contributed by atoms with Gasteiger partial charge in [0.1, 0.15) is 6.61 Å². The maximum atomic E-state index is 11.3. The average Bonchev–Trinajstić information content (AvgIpc) is 2.52. The summed E-state index contributed by atoms with van der Waals surface area (Å²) in [7, 11) is 0. The predicted octanol–water partition coefficient (Wildman–Crippen LogP) is 4.14. The van der Waals surface area contributed by atoms with Crippen molar-refractivity contribution in [1.82, 2.24) is 0 Å². The number of aliphatic hydroxyl groups is 2. The van der Waals surface area contributed by atoms with Gasteiger partial charge in [0, 0.05) is 6.42 Å². The van der Waals surface area contributed by atoms with Crippen molar-refractivity contribution in [3.05, 3.63) is 12.2 Å². The van der Waals surface area contributed by atoms with Crippen LogP contribution in [0.15, 0.2) is 12.2 Å². The van der Waals surface area contributed by atoms with Crippen LogP contribution in [0.25, 0.3) is 0 Å². The molecule has 0 bridgehead atoms. The van der Waals surface area contributed by atoms with Crippen molar-refractivity contribution in [3.8, 4) is 0 Å². The molecule has 23 heavy (non-hydrogen) atoms. The van der Waals surface area contributed by atoms with E-state index in [1.165, 1.54) is 6.42 Å². The smallest absolute Gasteiger partial charge is 0.305 e. The third kappa shape index (κ3) is 17.3. The van der Waals surface area contributed by atoms with E-state index in [2.05, 4.69) is 19.1 Å². The first-order valence-electron chi connectivity index (χ1n) is 9.23. The maximum Gasteiger partial charge on any atom is 0.305 e. The van der Waals surface area contributed by atoms with Gasteiger partial charge in [-0.2, -0.15) is 0 Å². The van der Waals surface area contributed by atoms with Crippen molar-refractivity contribution in [2.45, 2.75) is 96.7 Å². The molecule has 0 heterocycles. The number of esters is 1. The lowest BCUT2D eigenvalue weighted by atomic mass is 10.1. The molecule has 136 valence electrons.